The Bertz CT molecular complexity index is 551. The van der Waals surface area contributed by atoms with E-state index in [9.17, 15) is 8.78 Å². The van der Waals surface area contributed by atoms with Crippen LogP contribution in [-0.2, 0) is 6.54 Å². The number of hydrogen-bond acceptors (Lipinski definition) is 2. The number of benzene rings is 2. The molecule has 0 aliphatic rings. The quantitative estimate of drug-likeness (QED) is 0.813. The van der Waals surface area contributed by atoms with Crippen molar-refractivity contribution in [1.29, 1.82) is 0 Å². The van der Waals surface area contributed by atoms with Gasteiger partial charge in [0.25, 0.3) is 6.43 Å². The number of alkyl halides is 2. The maximum absolute atomic E-state index is 12.9. The van der Waals surface area contributed by atoms with E-state index in [1.54, 1.807) is 12.1 Å². The van der Waals surface area contributed by atoms with E-state index in [1.807, 2.05) is 31.2 Å². The second-order valence-corrected chi connectivity index (χ2v) is 4.49. The third-order valence-corrected chi connectivity index (χ3v) is 2.91. The Morgan fingerprint density at radius 3 is 2.42 bits per heavy atom. The van der Waals surface area contributed by atoms with E-state index in [2.05, 4.69) is 5.32 Å². The van der Waals surface area contributed by atoms with E-state index in [0.29, 0.717) is 17.9 Å². The first-order valence-electron chi connectivity index (χ1n) is 6.03. The van der Waals surface area contributed by atoms with Crippen LogP contribution in [0.1, 0.15) is 23.1 Å². The molecule has 0 saturated carbocycles. The number of nitrogens with two attached hydrogens (primary N) is 1. The van der Waals surface area contributed by atoms with Gasteiger partial charge in [0.15, 0.2) is 0 Å². The highest BCUT2D eigenvalue weighted by Crippen LogP contribution is 2.29. The molecule has 0 amide bonds. The zero-order chi connectivity index (χ0) is 13.8. The lowest BCUT2D eigenvalue weighted by atomic mass is 10.1. The molecule has 0 fully saturated rings. The Labute approximate surface area is 111 Å². The molecule has 0 spiro atoms. The summed E-state index contributed by atoms with van der Waals surface area (Å²) >= 11 is 0. The molecule has 0 aliphatic carbocycles. The molecule has 0 aliphatic heterocycles. The second-order valence-electron chi connectivity index (χ2n) is 4.49. The zero-order valence-electron chi connectivity index (χ0n) is 10.7. The normalized spacial score (nSPS) is 10.7. The van der Waals surface area contributed by atoms with Crippen LogP contribution in [0.5, 0.6) is 0 Å². The summed E-state index contributed by atoms with van der Waals surface area (Å²) in [6.45, 7) is 2.51. The van der Waals surface area contributed by atoms with Crippen LogP contribution in [0.15, 0.2) is 42.5 Å². The number of nitrogen functional groups attached to an aromatic ring is 1. The Morgan fingerprint density at radius 2 is 1.79 bits per heavy atom. The minimum absolute atomic E-state index is 0.0629. The Kier molecular flexibility index (Phi) is 4.00. The summed E-state index contributed by atoms with van der Waals surface area (Å²) in [4.78, 5) is 0. The van der Waals surface area contributed by atoms with Crippen LogP contribution in [0, 0.1) is 6.92 Å². The summed E-state index contributed by atoms with van der Waals surface area (Å²) in [5.41, 5.74) is 8.44. The zero-order valence-corrected chi connectivity index (χ0v) is 10.7. The number of hydrogen-bond donors (Lipinski definition) is 2. The molecule has 0 aromatic heterocycles. The topological polar surface area (TPSA) is 38.0 Å². The van der Waals surface area contributed by atoms with Gasteiger partial charge in [-0.05, 0) is 30.7 Å². The molecular weight excluding hydrogens is 246 g/mol. The Balaban J connectivity index is 2.13. The summed E-state index contributed by atoms with van der Waals surface area (Å²) in [6, 6.07) is 12.4. The fourth-order valence-corrected chi connectivity index (χ4v) is 1.83. The molecule has 0 atom stereocenters. The number of rotatable bonds is 4. The Hall–Kier alpha value is -2.10. The van der Waals surface area contributed by atoms with Crippen molar-refractivity contribution >= 4 is 11.4 Å². The van der Waals surface area contributed by atoms with Crippen molar-refractivity contribution in [1.82, 2.24) is 0 Å². The average Bonchev–Trinajstić information content (AvgIpc) is 2.39. The molecule has 2 aromatic rings. The van der Waals surface area contributed by atoms with E-state index >= 15 is 0 Å². The molecule has 2 rings (SSSR count). The van der Waals surface area contributed by atoms with E-state index in [-0.39, 0.29) is 5.56 Å². The van der Waals surface area contributed by atoms with Crippen LogP contribution in [-0.4, -0.2) is 0 Å². The molecule has 3 N–H and O–H groups in total. The van der Waals surface area contributed by atoms with Gasteiger partial charge in [-0.15, -0.1) is 0 Å². The largest absolute Gasteiger partial charge is 0.399 e. The third kappa shape index (κ3) is 3.44. The number of aryl methyl sites for hydroxylation is 1. The molecule has 0 saturated heterocycles. The minimum atomic E-state index is -2.54. The minimum Gasteiger partial charge on any atom is -0.399 e. The van der Waals surface area contributed by atoms with Crippen LogP contribution in [0.3, 0.4) is 0 Å². The van der Waals surface area contributed by atoms with E-state index in [0.717, 1.165) is 5.56 Å². The van der Waals surface area contributed by atoms with Gasteiger partial charge >= 0.3 is 0 Å². The van der Waals surface area contributed by atoms with Gasteiger partial charge in [0.1, 0.15) is 0 Å². The molecule has 100 valence electrons. The highest BCUT2D eigenvalue weighted by atomic mass is 19.3. The summed E-state index contributed by atoms with van der Waals surface area (Å²) in [6.07, 6.45) is -2.54. The highest BCUT2D eigenvalue weighted by molar-refractivity contribution is 5.58. The monoisotopic (exact) mass is 262 g/mol. The number of anilines is 2. The maximum atomic E-state index is 12.9. The van der Waals surface area contributed by atoms with Gasteiger partial charge in [-0.3, -0.25) is 0 Å². The molecule has 19 heavy (non-hydrogen) atoms. The average molecular weight is 262 g/mol. The van der Waals surface area contributed by atoms with Gasteiger partial charge in [0, 0.05) is 23.5 Å². The van der Waals surface area contributed by atoms with Crippen molar-refractivity contribution in [3.05, 3.63) is 59.2 Å². The van der Waals surface area contributed by atoms with Crippen molar-refractivity contribution in [2.45, 2.75) is 19.9 Å². The molecule has 4 heteroatoms. The molecule has 2 nitrogen and oxygen atoms in total. The van der Waals surface area contributed by atoms with Crippen LogP contribution in [0.25, 0.3) is 0 Å². The van der Waals surface area contributed by atoms with Crippen molar-refractivity contribution in [3.63, 3.8) is 0 Å². The molecule has 0 bridgehead atoms. The second kappa shape index (κ2) is 5.69. The van der Waals surface area contributed by atoms with E-state index < -0.39 is 6.43 Å². The predicted octanol–water partition coefficient (Wildman–Crippen LogP) is 4.13. The van der Waals surface area contributed by atoms with Gasteiger partial charge < -0.3 is 11.1 Å². The molecular formula is C15H16F2N2. The Morgan fingerprint density at radius 1 is 1.11 bits per heavy atom. The van der Waals surface area contributed by atoms with Crippen molar-refractivity contribution < 1.29 is 8.78 Å². The number of halogens is 2. The maximum Gasteiger partial charge on any atom is 0.265 e. The van der Waals surface area contributed by atoms with Gasteiger partial charge in [-0.1, -0.05) is 29.8 Å². The summed E-state index contributed by atoms with van der Waals surface area (Å²) in [7, 11) is 0. The predicted molar refractivity (Wildman–Crippen MR) is 74.3 cm³/mol. The van der Waals surface area contributed by atoms with Crippen LogP contribution < -0.4 is 11.1 Å². The smallest absolute Gasteiger partial charge is 0.265 e. The van der Waals surface area contributed by atoms with E-state index in [1.165, 1.54) is 11.6 Å². The standard InChI is InChI=1S/C15H16F2N2/c1-10-2-4-11(5-3-10)9-19-14-7-6-12(18)8-13(14)15(16)17/h2-8,15,19H,9,18H2,1H3. The first-order valence-corrected chi connectivity index (χ1v) is 6.03. The summed E-state index contributed by atoms with van der Waals surface area (Å²) in [5, 5.41) is 3.02. The third-order valence-electron chi connectivity index (χ3n) is 2.91. The lowest BCUT2D eigenvalue weighted by Gasteiger charge is -2.12. The lowest BCUT2D eigenvalue weighted by molar-refractivity contribution is 0.152. The molecule has 0 radical (unpaired) electrons. The molecule has 0 heterocycles. The van der Waals surface area contributed by atoms with Gasteiger partial charge in [-0.2, -0.15) is 0 Å². The molecule has 0 unspecified atom stereocenters. The van der Waals surface area contributed by atoms with Crippen molar-refractivity contribution in [3.8, 4) is 0 Å². The van der Waals surface area contributed by atoms with Gasteiger partial charge in [0.05, 0.1) is 0 Å². The first-order chi connectivity index (χ1) is 9.06. The first kappa shape index (κ1) is 13.3. The van der Waals surface area contributed by atoms with E-state index in [4.69, 9.17) is 5.73 Å². The molecule has 2 aromatic carbocycles. The number of nitrogens with one attached hydrogen (secondary N) is 1. The van der Waals surface area contributed by atoms with Crippen molar-refractivity contribution in [2.75, 3.05) is 11.1 Å². The highest BCUT2D eigenvalue weighted by Gasteiger charge is 2.13. The van der Waals surface area contributed by atoms with Crippen LogP contribution in [0.2, 0.25) is 0 Å². The SMILES string of the molecule is Cc1ccc(CNc2ccc(N)cc2C(F)F)cc1. The summed E-state index contributed by atoms with van der Waals surface area (Å²) in [5.74, 6) is 0. The van der Waals surface area contributed by atoms with Gasteiger partial charge in [-0.25, -0.2) is 8.78 Å². The fraction of sp³-hybridized carbons (Fsp3) is 0.200. The lowest BCUT2D eigenvalue weighted by Crippen LogP contribution is -2.03. The van der Waals surface area contributed by atoms with Gasteiger partial charge in [0.2, 0.25) is 0 Å². The summed E-state index contributed by atoms with van der Waals surface area (Å²) < 4.78 is 25.8. The van der Waals surface area contributed by atoms with Crippen LogP contribution in [0.4, 0.5) is 20.2 Å². The van der Waals surface area contributed by atoms with Crippen molar-refractivity contribution in [2.24, 2.45) is 0 Å². The van der Waals surface area contributed by atoms with Crippen LogP contribution >= 0.6 is 0 Å². The fourth-order valence-electron chi connectivity index (χ4n) is 1.83.